The summed E-state index contributed by atoms with van der Waals surface area (Å²) in [5, 5.41) is 9.33. The summed E-state index contributed by atoms with van der Waals surface area (Å²) < 4.78 is 12.1. The van der Waals surface area contributed by atoms with Crippen LogP contribution in [0.3, 0.4) is 0 Å². The van der Waals surface area contributed by atoms with Gasteiger partial charge in [0.2, 0.25) is 23.2 Å². The van der Waals surface area contributed by atoms with E-state index in [0.29, 0.717) is 29.0 Å². The number of aromatic nitrogens is 3. The Balaban J connectivity index is 1.77. The highest BCUT2D eigenvalue weighted by Gasteiger charge is 2.34. The van der Waals surface area contributed by atoms with E-state index in [1.807, 2.05) is 48.5 Å². The van der Waals surface area contributed by atoms with Gasteiger partial charge in [0.05, 0.1) is 12.3 Å². The van der Waals surface area contributed by atoms with E-state index in [9.17, 15) is 4.79 Å². The van der Waals surface area contributed by atoms with E-state index < -0.39 is 6.23 Å². The second-order valence-electron chi connectivity index (χ2n) is 7.74. The van der Waals surface area contributed by atoms with Gasteiger partial charge in [0.25, 0.3) is 0 Å². The molecule has 0 saturated heterocycles. The van der Waals surface area contributed by atoms with Crippen molar-refractivity contribution in [2.24, 2.45) is 0 Å². The molecule has 3 aromatic rings. The molecule has 0 unspecified atom stereocenters. The van der Waals surface area contributed by atoms with Gasteiger partial charge in [0.15, 0.2) is 5.69 Å². The van der Waals surface area contributed by atoms with Gasteiger partial charge in [-0.2, -0.15) is 4.98 Å². The highest BCUT2D eigenvalue weighted by molar-refractivity contribution is 7.99. The number of amides is 1. The van der Waals surface area contributed by atoms with E-state index in [2.05, 4.69) is 29.0 Å². The van der Waals surface area contributed by atoms with Gasteiger partial charge >= 0.3 is 0 Å². The molecule has 0 aliphatic carbocycles. The third-order valence-electron chi connectivity index (χ3n) is 5.22. The Kier molecular flexibility index (Phi) is 7.44. The summed E-state index contributed by atoms with van der Waals surface area (Å²) in [5.74, 6) is 1.92. The van der Waals surface area contributed by atoms with Crippen molar-refractivity contribution in [3.05, 3.63) is 54.1 Å². The molecule has 33 heavy (non-hydrogen) atoms. The number of anilines is 1. The minimum absolute atomic E-state index is 0.142. The van der Waals surface area contributed by atoms with Gasteiger partial charge in [-0.3, -0.25) is 9.69 Å². The van der Waals surface area contributed by atoms with Crippen molar-refractivity contribution in [1.29, 1.82) is 0 Å². The zero-order valence-corrected chi connectivity index (χ0v) is 20.0. The lowest BCUT2D eigenvalue weighted by atomic mass is 10.1. The van der Waals surface area contributed by atoms with Crippen molar-refractivity contribution in [3.8, 4) is 22.9 Å². The molecular weight excluding hydrogens is 436 g/mol. The van der Waals surface area contributed by atoms with Crippen molar-refractivity contribution >= 4 is 23.4 Å². The molecule has 1 aliphatic rings. The molecular formula is C25H28N4O3S. The Hall–Kier alpha value is -3.13. The SMILES string of the molecule is CCCCSc1nnc2c(n1)O[C@H](c1ccc(OCCC)cc1)N(C(C)=O)c1ccccc1-2. The van der Waals surface area contributed by atoms with Gasteiger partial charge in [-0.05, 0) is 43.2 Å². The zero-order chi connectivity index (χ0) is 23.2. The molecule has 0 radical (unpaired) electrons. The number of hydrogen-bond acceptors (Lipinski definition) is 7. The van der Waals surface area contributed by atoms with Crippen LogP contribution in [0.4, 0.5) is 5.69 Å². The summed E-state index contributed by atoms with van der Waals surface area (Å²) in [4.78, 5) is 19.2. The van der Waals surface area contributed by atoms with Crippen LogP contribution in [0.25, 0.3) is 11.3 Å². The maximum absolute atomic E-state index is 12.9. The normalized spacial score (nSPS) is 14.6. The number of benzene rings is 2. The molecule has 1 atom stereocenters. The molecule has 0 bridgehead atoms. The number of rotatable bonds is 8. The molecule has 4 rings (SSSR count). The Morgan fingerprint density at radius 1 is 1.09 bits per heavy atom. The smallest absolute Gasteiger partial charge is 0.247 e. The number of unbranched alkanes of at least 4 members (excludes halogenated alkanes) is 1. The van der Waals surface area contributed by atoms with E-state index in [1.54, 1.807) is 16.7 Å². The molecule has 0 N–H and O–H groups in total. The van der Waals surface area contributed by atoms with Crippen LogP contribution >= 0.6 is 11.8 Å². The third-order valence-corrected chi connectivity index (χ3v) is 6.14. The number of carbonyl (C=O) groups is 1. The van der Waals surface area contributed by atoms with Crippen LogP contribution in [0.2, 0.25) is 0 Å². The van der Waals surface area contributed by atoms with Crippen molar-refractivity contribution in [1.82, 2.24) is 15.2 Å². The van der Waals surface area contributed by atoms with Gasteiger partial charge in [-0.1, -0.05) is 50.2 Å². The minimum atomic E-state index is -0.699. The van der Waals surface area contributed by atoms with Crippen LogP contribution in [0.1, 0.15) is 51.8 Å². The summed E-state index contributed by atoms with van der Waals surface area (Å²) in [7, 11) is 0. The molecule has 0 fully saturated rings. The summed E-state index contributed by atoms with van der Waals surface area (Å²) >= 11 is 1.56. The van der Waals surface area contributed by atoms with Gasteiger partial charge in [-0.25, -0.2) is 0 Å². The first-order valence-electron chi connectivity index (χ1n) is 11.3. The number of para-hydroxylation sites is 1. The van der Waals surface area contributed by atoms with Crippen LogP contribution in [0, 0.1) is 0 Å². The van der Waals surface area contributed by atoms with Crippen molar-refractivity contribution < 1.29 is 14.3 Å². The molecule has 2 heterocycles. The second-order valence-corrected chi connectivity index (χ2v) is 8.81. The van der Waals surface area contributed by atoms with E-state index >= 15 is 0 Å². The Morgan fingerprint density at radius 2 is 1.88 bits per heavy atom. The zero-order valence-electron chi connectivity index (χ0n) is 19.2. The van der Waals surface area contributed by atoms with Crippen LogP contribution in [-0.2, 0) is 4.79 Å². The molecule has 172 valence electrons. The quantitative estimate of drug-likeness (QED) is 0.314. The highest BCUT2D eigenvalue weighted by atomic mass is 32.2. The Morgan fingerprint density at radius 3 is 2.61 bits per heavy atom. The van der Waals surface area contributed by atoms with Gasteiger partial charge in [0.1, 0.15) is 5.75 Å². The Bertz CT molecular complexity index is 1110. The first kappa shape index (κ1) is 23.0. The molecule has 0 saturated carbocycles. The largest absolute Gasteiger partial charge is 0.494 e. The lowest BCUT2D eigenvalue weighted by Gasteiger charge is -2.30. The van der Waals surface area contributed by atoms with Gasteiger partial charge < -0.3 is 9.47 Å². The highest BCUT2D eigenvalue weighted by Crippen LogP contribution is 2.43. The minimum Gasteiger partial charge on any atom is -0.494 e. The average molecular weight is 465 g/mol. The lowest BCUT2D eigenvalue weighted by molar-refractivity contribution is -0.118. The average Bonchev–Trinajstić information content (AvgIpc) is 2.97. The van der Waals surface area contributed by atoms with Crippen LogP contribution in [0.5, 0.6) is 11.6 Å². The maximum Gasteiger partial charge on any atom is 0.247 e. The fourth-order valence-corrected chi connectivity index (χ4v) is 4.45. The maximum atomic E-state index is 12.9. The second kappa shape index (κ2) is 10.7. The number of fused-ring (bicyclic) bond motifs is 3. The number of thioether (sulfide) groups is 1. The van der Waals surface area contributed by atoms with Crippen molar-refractivity contribution in [2.45, 2.75) is 51.4 Å². The third kappa shape index (κ3) is 5.11. The predicted molar refractivity (Wildman–Crippen MR) is 130 cm³/mol. The number of hydrogen-bond donors (Lipinski definition) is 0. The fourth-order valence-electron chi connectivity index (χ4n) is 3.59. The first-order valence-corrected chi connectivity index (χ1v) is 12.3. The molecule has 1 aromatic heterocycles. The molecule has 1 amide bonds. The summed E-state index contributed by atoms with van der Waals surface area (Å²) in [5.41, 5.74) is 2.82. The molecule has 7 nitrogen and oxygen atoms in total. The van der Waals surface area contributed by atoms with Gasteiger partial charge in [-0.15, -0.1) is 10.2 Å². The van der Waals surface area contributed by atoms with Crippen molar-refractivity contribution in [2.75, 3.05) is 17.3 Å². The fraction of sp³-hybridized carbons (Fsp3) is 0.360. The summed E-state index contributed by atoms with van der Waals surface area (Å²) in [6.07, 6.45) is 2.41. The summed E-state index contributed by atoms with van der Waals surface area (Å²) in [6, 6.07) is 15.3. The number of ether oxygens (including phenoxy) is 2. The standard InChI is InChI=1S/C25H28N4O3S/c1-4-6-16-33-25-26-23-22(27-28-25)20-9-7-8-10-21(20)29(17(3)30)24(32-23)18-11-13-19(14-12-18)31-15-5-2/h7-14,24H,4-6,15-16H2,1-3H3/t24-/m1/s1. The Labute approximate surface area is 198 Å². The monoisotopic (exact) mass is 464 g/mol. The van der Waals surface area contributed by atoms with Crippen LogP contribution in [-0.4, -0.2) is 33.4 Å². The molecule has 2 aromatic carbocycles. The van der Waals surface area contributed by atoms with Crippen LogP contribution < -0.4 is 14.4 Å². The number of nitrogens with zero attached hydrogens (tertiary/aromatic N) is 4. The summed E-state index contributed by atoms with van der Waals surface area (Å²) in [6.45, 7) is 6.40. The van der Waals surface area contributed by atoms with Crippen LogP contribution in [0.15, 0.2) is 53.7 Å². The van der Waals surface area contributed by atoms with E-state index in [1.165, 1.54) is 6.92 Å². The van der Waals surface area contributed by atoms with E-state index in [4.69, 9.17) is 9.47 Å². The van der Waals surface area contributed by atoms with E-state index in [0.717, 1.165) is 41.9 Å². The first-order chi connectivity index (χ1) is 16.1. The number of carbonyl (C=O) groups excluding carboxylic acids is 1. The predicted octanol–water partition coefficient (Wildman–Crippen LogP) is 5.66. The topological polar surface area (TPSA) is 77.4 Å². The lowest BCUT2D eigenvalue weighted by Crippen LogP contribution is -2.36. The molecule has 1 aliphatic heterocycles. The van der Waals surface area contributed by atoms with Gasteiger partial charge in [0, 0.05) is 23.8 Å². The van der Waals surface area contributed by atoms with E-state index in [-0.39, 0.29) is 5.91 Å². The molecule has 0 spiro atoms. The molecule has 8 heteroatoms. The van der Waals surface area contributed by atoms with Crippen molar-refractivity contribution in [3.63, 3.8) is 0 Å².